The Balaban J connectivity index is 1.47. The zero-order valence-corrected chi connectivity index (χ0v) is 14.8. The van der Waals surface area contributed by atoms with Crippen LogP contribution in [0.2, 0.25) is 0 Å². The van der Waals surface area contributed by atoms with Crippen LogP contribution in [0, 0.1) is 5.92 Å². The second-order valence-corrected chi connectivity index (χ2v) is 6.79. The minimum absolute atomic E-state index is 0.0515. The van der Waals surface area contributed by atoms with Crippen LogP contribution in [-0.4, -0.2) is 13.1 Å². The van der Waals surface area contributed by atoms with E-state index in [2.05, 4.69) is 36.4 Å². The molecule has 0 radical (unpaired) electrons. The molecule has 0 atom stereocenters. The molecule has 3 heteroatoms. The number of esters is 1. The maximum Gasteiger partial charge on any atom is 0.308 e. The third-order valence-corrected chi connectivity index (χ3v) is 5.09. The zero-order chi connectivity index (χ0) is 17.5. The quantitative estimate of drug-likeness (QED) is 0.706. The Morgan fingerprint density at radius 3 is 2.08 bits per heavy atom. The largest absolute Gasteiger partial charge is 0.469 e. The van der Waals surface area contributed by atoms with Gasteiger partial charge >= 0.3 is 5.97 Å². The number of hydrogen-bond donors (Lipinski definition) is 0. The van der Waals surface area contributed by atoms with Gasteiger partial charge in [-0.15, -0.1) is 0 Å². The Bertz CT molecular complexity index is 655. The van der Waals surface area contributed by atoms with Gasteiger partial charge < -0.3 is 9.47 Å². The Hall–Kier alpha value is -2.13. The van der Waals surface area contributed by atoms with Gasteiger partial charge in [-0.05, 0) is 48.3 Å². The summed E-state index contributed by atoms with van der Waals surface area (Å²) in [4.78, 5) is 11.6. The van der Waals surface area contributed by atoms with Crippen LogP contribution < -0.4 is 0 Å². The number of methoxy groups -OCH3 is 1. The van der Waals surface area contributed by atoms with Gasteiger partial charge in [0, 0.05) is 0 Å². The molecule has 0 aromatic heterocycles. The van der Waals surface area contributed by atoms with Crippen molar-refractivity contribution in [3.63, 3.8) is 0 Å². The van der Waals surface area contributed by atoms with Crippen LogP contribution in [0.1, 0.15) is 48.3 Å². The summed E-state index contributed by atoms with van der Waals surface area (Å²) in [5.74, 6) is 0.594. The highest BCUT2D eigenvalue weighted by atomic mass is 16.5. The average molecular weight is 338 g/mol. The molecule has 0 bridgehead atoms. The fourth-order valence-electron chi connectivity index (χ4n) is 3.58. The molecule has 0 spiro atoms. The Labute approximate surface area is 150 Å². The molecule has 3 rings (SSSR count). The van der Waals surface area contributed by atoms with E-state index in [1.807, 2.05) is 18.2 Å². The molecule has 2 aromatic rings. The van der Waals surface area contributed by atoms with Crippen LogP contribution in [-0.2, 0) is 27.5 Å². The molecule has 0 N–H and O–H groups in total. The van der Waals surface area contributed by atoms with Crippen LogP contribution in [0.5, 0.6) is 0 Å². The van der Waals surface area contributed by atoms with E-state index in [0.717, 1.165) is 25.7 Å². The lowest BCUT2D eigenvalue weighted by atomic mass is 9.78. The third kappa shape index (κ3) is 4.93. The van der Waals surface area contributed by atoms with E-state index in [4.69, 9.17) is 9.47 Å². The fourth-order valence-corrected chi connectivity index (χ4v) is 3.58. The predicted octanol–water partition coefficient (Wildman–Crippen LogP) is 4.85. The molecule has 25 heavy (non-hydrogen) atoms. The van der Waals surface area contributed by atoms with Crippen molar-refractivity contribution >= 4 is 5.97 Å². The minimum Gasteiger partial charge on any atom is -0.469 e. The molecule has 0 heterocycles. The van der Waals surface area contributed by atoms with Crippen LogP contribution in [0.15, 0.2) is 54.6 Å². The number of hydrogen-bond acceptors (Lipinski definition) is 3. The zero-order valence-electron chi connectivity index (χ0n) is 14.8. The average Bonchev–Trinajstić information content (AvgIpc) is 2.69. The SMILES string of the molecule is COC(=O)C1CCC(c2ccc(COCc3ccccc3)cc2)CC1. The highest BCUT2D eigenvalue weighted by Gasteiger charge is 2.27. The maximum atomic E-state index is 11.6. The van der Waals surface area contributed by atoms with Gasteiger partial charge in [-0.1, -0.05) is 54.6 Å². The molecule has 1 aliphatic carbocycles. The van der Waals surface area contributed by atoms with Gasteiger partial charge in [-0.25, -0.2) is 0 Å². The maximum absolute atomic E-state index is 11.6. The van der Waals surface area contributed by atoms with E-state index in [9.17, 15) is 4.79 Å². The van der Waals surface area contributed by atoms with Crippen molar-refractivity contribution in [2.24, 2.45) is 5.92 Å². The van der Waals surface area contributed by atoms with Crippen molar-refractivity contribution < 1.29 is 14.3 Å². The molecule has 0 unspecified atom stereocenters. The predicted molar refractivity (Wildman–Crippen MR) is 98.1 cm³/mol. The normalized spacial score (nSPS) is 20.2. The number of rotatable bonds is 6. The second-order valence-electron chi connectivity index (χ2n) is 6.79. The Morgan fingerprint density at radius 2 is 1.48 bits per heavy atom. The van der Waals surface area contributed by atoms with Gasteiger partial charge in [-0.2, -0.15) is 0 Å². The summed E-state index contributed by atoms with van der Waals surface area (Å²) in [5, 5.41) is 0. The van der Waals surface area contributed by atoms with Crippen molar-refractivity contribution in [3.05, 3.63) is 71.3 Å². The summed E-state index contributed by atoms with van der Waals surface area (Å²) in [6, 6.07) is 19.0. The molecule has 1 fully saturated rings. The smallest absolute Gasteiger partial charge is 0.308 e. The van der Waals surface area contributed by atoms with Crippen LogP contribution >= 0.6 is 0 Å². The lowest BCUT2D eigenvalue weighted by molar-refractivity contribution is -0.146. The van der Waals surface area contributed by atoms with E-state index in [1.54, 1.807) is 0 Å². The molecule has 0 aliphatic heterocycles. The topological polar surface area (TPSA) is 35.5 Å². The van der Waals surface area contributed by atoms with Gasteiger partial charge in [0.2, 0.25) is 0 Å². The molecular weight excluding hydrogens is 312 g/mol. The molecule has 132 valence electrons. The summed E-state index contributed by atoms with van der Waals surface area (Å²) in [6.45, 7) is 1.27. The summed E-state index contributed by atoms with van der Waals surface area (Å²) in [6.07, 6.45) is 3.98. The first-order chi connectivity index (χ1) is 12.3. The molecule has 2 aromatic carbocycles. The molecule has 3 nitrogen and oxygen atoms in total. The fraction of sp³-hybridized carbons (Fsp3) is 0.409. The van der Waals surface area contributed by atoms with Gasteiger partial charge in [0.05, 0.1) is 26.2 Å². The van der Waals surface area contributed by atoms with E-state index in [-0.39, 0.29) is 11.9 Å². The summed E-state index contributed by atoms with van der Waals surface area (Å²) in [7, 11) is 1.48. The summed E-state index contributed by atoms with van der Waals surface area (Å²) in [5.41, 5.74) is 3.76. The first-order valence-corrected chi connectivity index (χ1v) is 9.04. The first kappa shape index (κ1) is 17.7. The molecule has 1 aliphatic rings. The lowest BCUT2D eigenvalue weighted by Crippen LogP contribution is -2.22. The van der Waals surface area contributed by atoms with Crippen molar-refractivity contribution in [2.75, 3.05) is 7.11 Å². The van der Waals surface area contributed by atoms with Gasteiger partial charge in [0.1, 0.15) is 0 Å². The molecule has 0 amide bonds. The van der Waals surface area contributed by atoms with Crippen molar-refractivity contribution in [1.29, 1.82) is 0 Å². The Kier molecular flexibility index (Phi) is 6.24. The summed E-state index contributed by atoms with van der Waals surface area (Å²) >= 11 is 0. The van der Waals surface area contributed by atoms with Crippen LogP contribution in [0.3, 0.4) is 0 Å². The molecule has 1 saturated carbocycles. The third-order valence-electron chi connectivity index (χ3n) is 5.09. The van der Waals surface area contributed by atoms with E-state index >= 15 is 0 Å². The Morgan fingerprint density at radius 1 is 0.880 bits per heavy atom. The van der Waals surface area contributed by atoms with Gasteiger partial charge in [0.15, 0.2) is 0 Å². The van der Waals surface area contributed by atoms with Gasteiger partial charge in [0.25, 0.3) is 0 Å². The second kappa shape index (κ2) is 8.82. The molecule has 0 saturated heterocycles. The van der Waals surface area contributed by atoms with E-state index < -0.39 is 0 Å². The highest BCUT2D eigenvalue weighted by molar-refractivity contribution is 5.72. The monoisotopic (exact) mass is 338 g/mol. The highest BCUT2D eigenvalue weighted by Crippen LogP contribution is 2.36. The minimum atomic E-state index is -0.0515. The number of carbonyl (C=O) groups is 1. The number of benzene rings is 2. The molecular formula is C22H26O3. The van der Waals surface area contributed by atoms with Crippen molar-refractivity contribution in [1.82, 2.24) is 0 Å². The number of ether oxygens (including phenoxy) is 2. The van der Waals surface area contributed by atoms with Crippen molar-refractivity contribution in [2.45, 2.75) is 44.8 Å². The first-order valence-electron chi connectivity index (χ1n) is 9.04. The van der Waals surface area contributed by atoms with E-state index in [1.165, 1.54) is 23.8 Å². The standard InChI is InChI=1S/C22H26O3/c1-24-22(23)21-13-11-20(12-14-21)19-9-7-18(8-10-19)16-25-15-17-5-3-2-4-6-17/h2-10,20-21H,11-16H2,1H3. The number of carbonyl (C=O) groups excluding carboxylic acids is 1. The van der Waals surface area contributed by atoms with E-state index in [0.29, 0.717) is 19.1 Å². The van der Waals surface area contributed by atoms with Crippen LogP contribution in [0.25, 0.3) is 0 Å². The lowest BCUT2D eigenvalue weighted by Gasteiger charge is -2.27. The van der Waals surface area contributed by atoms with Gasteiger partial charge in [-0.3, -0.25) is 4.79 Å². The summed E-state index contributed by atoms with van der Waals surface area (Å²) < 4.78 is 10.7. The van der Waals surface area contributed by atoms with Crippen LogP contribution in [0.4, 0.5) is 0 Å². The van der Waals surface area contributed by atoms with Crippen molar-refractivity contribution in [3.8, 4) is 0 Å².